The van der Waals surface area contributed by atoms with E-state index in [1.165, 1.54) is 6.21 Å². The molecule has 3 rings (SSSR count). The number of carbonyl (C=O) groups is 3. The number of anilines is 2. The summed E-state index contributed by atoms with van der Waals surface area (Å²) in [6.07, 6.45) is 1.37. The van der Waals surface area contributed by atoms with Crippen molar-refractivity contribution in [1.29, 1.82) is 0 Å². The summed E-state index contributed by atoms with van der Waals surface area (Å²) in [5, 5.41) is 9.04. The highest BCUT2D eigenvalue weighted by molar-refractivity contribution is 6.39. The first kappa shape index (κ1) is 23.2. The van der Waals surface area contributed by atoms with Crippen molar-refractivity contribution in [3.8, 4) is 5.75 Å². The Hall–Kier alpha value is -4.46. The molecule has 0 saturated heterocycles. The van der Waals surface area contributed by atoms with Gasteiger partial charge in [-0.2, -0.15) is 5.10 Å². The Bertz CT molecular complexity index is 1160. The van der Waals surface area contributed by atoms with E-state index < -0.39 is 11.8 Å². The molecule has 0 aliphatic heterocycles. The Morgan fingerprint density at radius 3 is 2.06 bits per heavy atom. The van der Waals surface area contributed by atoms with Crippen molar-refractivity contribution in [3.63, 3.8) is 0 Å². The van der Waals surface area contributed by atoms with Gasteiger partial charge in [0.15, 0.2) is 6.61 Å². The lowest BCUT2D eigenvalue weighted by Crippen LogP contribution is -2.32. The molecule has 0 aliphatic carbocycles. The molecule has 0 spiro atoms. The zero-order chi connectivity index (χ0) is 23.6. The highest BCUT2D eigenvalue weighted by Gasteiger charge is 2.12. The topological polar surface area (TPSA) is 109 Å². The summed E-state index contributed by atoms with van der Waals surface area (Å²) in [7, 11) is 0. The van der Waals surface area contributed by atoms with Gasteiger partial charge in [0.1, 0.15) is 5.75 Å². The summed E-state index contributed by atoms with van der Waals surface area (Å²) >= 11 is 0. The van der Waals surface area contributed by atoms with E-state index in [4.69, 9.17) is 4.74 Å². The van der Waals surface area contributed by atoms with Gasteiger partial charge in [0.25, 0.3) is 5.91 Å². The number of benzene rings is 3. The number of hydrogen-bond acceptors (Lipinski definition) is 5. The first-order valence-electron chi connectivity index (χ1n) is 10.2. The van der Waals surface area contributed by atoms with E-state index in [0.29, 0.717) is 22.7 Å². The van der Waals surface area contributed by atoms with Crippen molar-refractivity contribution in [1.82, 2.24) is 5.43 Å². The Kier molecular flexibility index (Phi) is 7.91. The second-order valence-corrected chi connectivity index (χ2v) is 7.29. The average molecular weight is 444 g/mol. The molecule has 0 atom stereocenters. The number of amides is 3. The van der Waals surface area contributed by atoms with Crippen LogP contribution in [0.15, 0.2) is 77.9 Å². The fourth-order valence-corrected chi connectivity index (χ4v) is 2.71. The minimum atomic E-state index is -0.896. The number of nitrogens with one attached hydrogen (secondary N) is 3. The van der Waals surface area contributed by atoms with E-state index in [2.05, 4.69) is 21.2 Å². The number of aryl methyl sites for hydroxylation is 2. The molecule has 3 N–H and O–H groups in total. The molecule has 168 valence electrons. The van der Waals surface area contributed by atoms with Crippen molar-refractivity contribution >= 4 is 35.3 Å². The molecule has 3 aromatic rings. The lowest BCUT2D eigenvalue weighted by Gasteiger charge is -2.08. The largest absolute Gasteiger partial charge is 0.484 e. The van der Waals surface area contributed by atoms with E-state index in [-0.39, 0.29) is 12.5 Å². The van der Waals surface area contributed by atoms with Gasteiger partial charge in [-0.25, -0.2) is 5.43 Å². The van der Waals surface area contributed by atoms with Crippen LogP contribution in [-0.2, 0) is 14.4 Å². The number of ether oxygens (including phenoxy) is 1. The third-order valence-corrected chi connectivity index (χ3v) is 4.46. The number of carbonyl (C=O) groups excluding carboxylic acids is 3. The van der Waals surface area contributed by atoms with Crippen molar-refractivity contribution in [3.05, 3.63) is 89.5 Å². The minimum absolute atomic E-state index is 0.162. The molecule has 0 heterocycles. The molecular weight excluding hydrogens is 420 g/mol. The van der Waals surface area contributed by atoms with Crippen LogP contribution in [0.1, 0.15) is 16.7 Å². The van der Waals surface area contributed by atoms with E-state index >= 15 is 0 Å². The van der Waals surface area contributed by atoms with Gasteiger partial charge >= 0.3 is 11.8 Å². The summed E-state index contributed by atoms with van der Waals surface area (Å²) in [5.74, 6) is -1.55. The van der Waals surface area contributed by atoms with Gasteiger partial charge in [0, 0.05) is 11.4 Å². The first-order chi connectivity index (χ1) is 15.9. The Labute approximate surface area is 191 Å². The quantitative estimate of drug-likeness (QED) is 0.295. The Morgan fingerprint density at radius 2 is 1.42 bits per heavy atom. The van der Waals surface area contributed by atoms with Crippen molar-refractivity contribution in [2.75, 3.05) is 17.2 Å². The van der Waals surface area contributed by atoms with Gasteiger partial charge in [-0.05, 0) is 55.8 Å². The van der Waals surface area contributed by atoms with Crippen LogP contribution in [0.5, 0.6) is 5.75 Å². The third-order valence-electron chi connectivity index (χ3n) is 4.46. The van der Waals surface area contributed by atoms with E-state index in [1.807, 2.05) is 50.2 Å². The molecule has 33 heavy (non-hydrogen) atoms. The zero-order valence-electron chi connectivity index (χ0n) is 18.3. The van der Waals surface area contributed by atoms with Crippen LogP contribution >= 0.6 is 0 Å². The second-order valence-electron chi connectivity index (χ2n) is 7.29. The fraction of sp³-hybridized carbons (Fsp3) is 0.120. The van der Waals surface area contributed by atoms with Gasteiger partial charge < -0.3 is 15.4 Å². The van der Waals surface area contributed by atoms with Crippen LogP contribution in [0.25, 0.3) is 0 Å². The van der Waals surface area contributed by atoms with Gasteiger partial charge in [-0.15, -0.1) is 0 Å². The van der Waals surface area contributed by atoms with Crippen LogP contribution in [0.3, 0.4) is 0 Å². The van der Waals surface area contributed by atoms with E-state index in [1.54, 1.807) is 36.4 Å². The van der Waals surface area contributed by atoms with Crippen LogP contribution in [0.4, 0.5) is 11.4 Å². The Morgan fingerprint density at radius 1 is 0.818 bits per heavy atom. The van der Waals surface area contributed by atoms with Crippen LogP contribution in [0, 0.1) is 13.8 Å². The molecule has 0 saturated carbocycles. The minimum Gasteiger partial charge on any atom is -0.484 e. The van der Waals surface area contributed by atoms with Gasteiger partial charge in [-0.3, -0.25) is 14.4 Å². The number of hydrazone groups is 1. The first-order valence-corrected chi connectivity index (χ1v) is 10.2. The molecule has 0 aliphatic rings. The maximum absolute atomic E-state index is 12.1. The van der Waals surface area contributed by atoms with Gasteiger partial charge in [-0.1, -0.05) is 47.5 Å². The lowest BCUT2D eigenvalue weighted by atomic mass is 10.2. The van der Waals surface area contributed by atoms with E-state index in [9.17, 15) is 14.4 Å². The molecule has 8 heteroatoms. The normalized spacial score (nSPS) is 10.5. The van der Waals surface area contributed by atoms with Crippen LogP contribution in [-0.4, -0.2) is 30.5 Å². The summed E-state index contributed by atoms with van der Waals surface area (Å²) < 4.78 is 5.52. The fourth-order valence-electron chi connectivity index (χ4n) is 2.71. The predicted octanol–water partition coefficient (Wildman–Crippen LogP) is 3.41. The summed E-state index contributed by atoms with van der Waals surface area (Å²) in [5.41, 5.74) is 6.14. The highest BCUT2D eigenvalue weighted by Crippen LogP contribution is 2.13. The summed E-state index contributed by atoms with van der Waals surface area (Å²) in [6, 6.07) is 21.3. The lowest BCUT2D eigenvalue weighted by molar-refractivity contribution is -0.136. The maximum atomic E-state index is 12.1. The summed E-state index contributed by atoms with van der Waals surface area (Å²) in [4.78, 5) is 35.9. The smallest absolute Gasteiger partial charge is 0.329 e. The molecule has 0 aromatic heterocycles. The molecule has 0 unspecified atom stereocenters. The van der Waals surface area contributed by atoms with Crippen molar-refractivity contribution in [2.45, 2.75) is 13.8 Å². The Balaban J connectivity index is 1.47. The van der Waals surface area contributed by atoms with Gasteiger partial charge in [0.05, 0.1) is 6.21 Å². The average Bonchev–Trinajstić information content (AvgIpc) is 2.81. The number of nitrogens with zero attached hydrogens (tertiary/aromatic N) is 1. The number of rotatable bonds is 7. The summed E-state index contributed by atoms with van der Waals surface area (Å²) in [6.45, 7) is 3.73. The standard InChI is InChI=1S/C25H24N4O4/c1-17-6-10-20(11-7-17)27-23(30)16-33-22-5-3-4-19(14-22)15-26-29-25(32)24(31)28-21-12-8-18(2)9-13-21/h3-15H,16H2,1-2H3,(H,27,30)(H,28,31)(H,29,32)/b26-15-. The zero-order valence-corrected chi connectivity index (χ0v) is 18.3. The third kappa shape index (κ3) is 7.62. The molecular formula is C25H24N4O4. The molecule has 0 bridgehead atoms. The molecule has 0 radical (unpaired) electrons. The maximum Gasteiger partial charge on any atom is 0.329 e. The van der Waals surface area contributed by atoms with E-state index in [0.717, 1.165) is 11.1 Å². The molecule has 3 amide bonds. The van der Waals surface area contributed by atoms with Crippen molar-refractivity contribution in [2.24, 2.45) is 5.10 Å². The molecule has 3 aromatic carbocycles. The molecule has 8 nitrogen and oxygen atoms in total. The van der Waals surface area contributed by atoms with Crippen molar-refractivity contribution < 1.29 is 19.1 Å². The molecule has 0 fully saturated rings. The predicted molar refractivity (Wildman–Crippen MR) is 127 cm³/mol. The monoisotopic (exact) mass is 444 g/mol. The number of hydrogen-bond donors (Lipinski definition) is 3. The van der Waals surface area contributed by atoms with Gasteiger partial charge in [0.2, 0.25) is 0 Å². The van der Waals surface area contributed by atoms with Crippen LogP contribution in [0.2, 0.25) is 0 Å². The SMILES string of the molecule is Cc1ccc(NC(=O)COc2cccc(/C=N\NC(=O)C(=O)Nc3ccc(C)cc3)c2)cc1. The second kappa shape index (κ2) is 11.2. The van der Waals surface area contributed by atoms with Crippen LogP contribution < -0.4 is 20.8 Å². The highest BCUT2D eigenvalue weighted by atomic mass is 16.5.